The van der Waals surface area contributed by atoms with Gasteiger partial charge in [0, 0.05) is 19.6 Å². The smallest absolute Gasteiger partial charge is 0.0648 e. The molecule has 0 aromatic heterocycles. The van der Waals surface area contributed by atoms with E-state index in [0.717, 1.165) is 12.3 Å². The third-order valence-corrected chi connectivity index (χ3v) is 6.83. The standard InChI is InChI=1S/C24H49N3/c1-4-7-10-13-18-25-21-16-24-26(19-14-11-8-5-2)22-17-23(25)27(24)20-15-12-9-6-3/h23-24H,4-22H2,1-3H3. The summed E-state index contributed by atoms with van der Waals surface area (Å²) >= 11 is 0. The molecule has 2 atom stereocenters. The minimum absolute atomic E-state index is 0.735. The van der Waals surface area contributed by atoms with Crippen LogP contribution in [0.1, 0.15) is 111 Å². The van der Waals surface area contributed by atoms with Crippen LogP contribution < -0.4 is 0 Å². The molecule has 2 aliphatic rings. The van der Waals surface area contributed by atoms with Crippen LogP contribution in [0.25, 0.3) is 0 Å². The van der Waals surface area contributed by atoms with Gasteiger partial charge in [0.15, 0.2) is 0 Å². The van der Waals surface area contributed by atoms with Crippen LogP contribution in [0.4, 0.5) is 0 Å². The van der Waals surface area contributed by atoms with E-state index in [1.165, 1.54) is 123 Å². The van der Waals surface area contributed by atoms with Gasteiger partial charge >= 0.3 is 0 Å². The summed E-state index contributed by atoms with van der Waals surface area (Å²) in [6, 6.07) is 0. The first-order valence-corrected chi connectivity index (χ1v) is 12.6. The second kappa shape index (κ2) is 14.0. The molecular weight excluding hydrogens is 330 g/mol. The van der Waals surface area contributed by atoms with Crippen LogP contribution in [0.5, 0.6) is 0 Å². The minimum atomic E-state index is 0.735. The monoisotopic (exact) mass is 379 g/mol. The van der Waals surface area contributed by atoms with Gasteiger partial charge < -0.3 is 0 Å². The predicted octanol–water partition coefficient (Wildman–Crippen LogP) is 6.09. The molecule has 0 aliphatic carbocycles. The summed E-state index contributed by atoms with van der Waals surface area (Å²) in [7, 11) is 0. The van der Waals surface area contributed by atoms with Gasteiger partial charge in [-0.2, -0.15) is 0 Å². The Labute approximate surface area is 170 Å². The number of unbranched alkanes of at least 4 members (excludes halogenated alkanes) is 9. The van der Waals surface area contributed by atoms with Crippen molar-refractivity contribution in [1.82, 2.24) is 14.7 Å². The highest BCUT2D eigenvalue weighted by Gasteiger charge is 2.41. The van der Waals surface area contributed by atoms with E-state index >= 15 is 0 Å². The van der Waals surface area contributed by atoms with Gasteiger partial charge in [-0.3, -0.25) is 14.7 Å². The van der Waals surface area contributed by atoms with Crippen molar-refractivity contribution in [1.29, 1.82) is 0 Å². The minimum Gasteiger partial charge on any atom is -0.288 e. The fourth-order valence-corrected chi connectivity index (χ4v) is 5.20. The van der Waals surface area contributed by atoms with E-state index < -0.39 is 0 Å². The zero-order chi connectivity index (χ0) is 19.3. The molecule has 2 fully saturated rings. The Morgan fingerprint density at radius 1 is 0.519 bits per heavy atom. The van der Waals surface area contributed by atoms with Crippen LogP contribution in [0.2, 0.25) is 0 Å². The van der Waals surface area contributed by atoms with Gasteiger partial charge in [0.05, 0.1) is 12.3 Å². The molecule has 27 heavy (non-hydrogen) atoms. The fourth-order valence-electron chi connectivity index (χ4n) is 5.20. The zero-order valence-electron chi connectivity index (χ0n) is 18.9. The molecule has 2 rings (SSSR count). The van der Waals surface area contributed by atoms with E-state index in [0.29, 0.717) is 0 Å². The Balaban J connectivity index is 1.88. The first-order valence-electron chi connectivity index (χ1n) is 12.6. The number of hydrogen-bond donors (Lipinski definition) is 0. The first-order chi connectivity index (χ1) is 13.3. The van der Waals surface area contributed by atoms with Crippen molar-refractivity contribution < 1.29 is 0 Å². The largest absolute Gasteiger partial charge is 0.288 e. The quantitative estimate of drug-likeness (QED) is 0.319. The average molecular weight is 380 g/mol. The number of nitrogens with zero attached hydrogens (tertiary/aromatic N) is 3. The maximum absolute atomic E-state index is 2.92. The Morgan fingerprint density at radius 3 is 1.33 bits per heavy atom. The van der Waals surface area contributed by atoms with Crippen LogP contribution in [0.3, 0.4) is 0 Å². The SMILES string of the molecule is CCCCCCN1CCC2N(CCCCCC)CCC1N2CCCCCC. The van der Waals surface area contributed by atoms with Crippen molar-refractivity contribution in [3.05, 3.63) is 0 Å². The van der Waals surface area contributed by atoms with Gasteiger partial charge in [-0.1, -0.05) is 78.6 Å². The summed E-state index contributed by atoms with van der Waals surface area (Å²) < 4.78 is 0. The predicted molar refractivity (Wildman–Crippen MR) is 119 cm³/mol. The van der Waals surface area contributed by atoms with Crippen molar-refractivity contribution in [3.8, 4) is 0 Å². The summed E-state index contributed by atoms with van der Waals surface area (Å²) in [6.45, 7) is 13.6. The Bertz CT molecular complexity index is 332. The van der Waals surface area contributed by atoms with Gasteiger partial charge in [0.25, 0.3) is 0 Å². The van der Waals surface area contributed by atoms with Gasteiger partial charge in [-0.15, -0.1) is 0 Å². The van der Waals surface area contributed by atoms with Crippen LogP contribution in [-0.4, -0.2) is 59.8 Å². The molecule has 2 heterocycles. The molecule has 0 aromatic rings. The molecule has 160 valence electrons. The van der Waals surface area contributed by atoms with Crippen molar-refractivity contribution in [3.63, 3.8) is 0 Å². The number of hydrogen-bond acceptors (Lipinski definition) is 3. The number of rotatable bonds is 15. The zero-order valence-corrected chi connectivity index (χ0v) is 18.9. The second-order valence-electron chi connectivity index (χ2n) is 9.03. The van der Waals surface area contributed by atoms with Gasteiger partial charge in [-0.05, 0) is 45.2 Å². The summed E-state index contributed by atoms with van der Waals surface area (Å²) in [6.07, 6.45) is 20.9. The Kier molecular flexibility index (Phi) is 12.0. The van der Waals surface area contributed by atoms with E-state index in [9.17, 15) is 0 Å². The van der Waals surface area contributed by atoms with Crippen molar-refractivity contribution in [2.75, 3.05) is 32.7 Å². The van der Waals surface area contributed by atoms with Crippen LogP contribution in [0.15, 0.2) is 0 Å². The first kappa shape index (κ1) is 23.2. The highest BCUT2D eigenvalue weighted by atomic mass is 15.5. The molecule has 2 bridgehead atoms. The number of fused-ring (bicyclic) bond motifs is 2. The van der Waals surface area contributed by atoms with Crippen molar-refractivity contribution >= 4 is 0 Å². The van der Waals surface area contributed by atoms with E-state index in [1.54, 1.807) is 0 Å². The molecule has 2 unspecified atom stereocenters. The summed E-state index contributed by atoms with van der Waals surface area (Å²) in [4.78, 5) is 8.61. The fraction of sp³-hybridized carbons (Fsp3) is 1.00. The molecule has 2 aliphatic heterocycles. The highest BCUT2D eigenvalue weighted by molar-refractivity contribution is 4.91. The maximum atomic E-state index is 2.92. The molecule has 2 saturated heterocycles. The van der Waals surface area contributed by atoms with E-state index in [4.69, 9.17) is 0 Å². The van der Waals surface area contributed by atoms with Gasteiger partial charge in [-0.25, -0.2) is 0 Å². The van der Waals surface area contributed by atoms with Gasteiger partial charge in [0.1, 0.15) is 0 Å². The molecule has 3 nitrogen and oxygen atoms in total. The molecule has 0 N–H and O–H groups in total. The summed E-state index contributed by atoms with van der Waals surface area (Å²) in [5.74, 6) is 0. The molecule has 0 saturated carbocycles. The molecule has 3 heteroatoms. The molecule has 0 amide bonds. The van der Waals surface area contributed by atoms with Gasteiger partial charge in [0.2, 0.25) is 0 Å². The lowest BCUT2D eigenvalue weighted by Crippen LogP contribution is -2.67. The third-order valence-electron chi connectivity index (χ3n) is 6.83. The van der Waals surface area contributed by atoms with E-state index in [2.05, 4.69) is 35.5 Å². The lowest BCUT2D eigenvalue weighted by molar-refractivity contribution is -0.131. The van der Waals surface area contributed by atoms with E-state index in [-0.39, 0.29) is 0 Å². The van der Waals surface area contributed by atoms with Crippen LogP contribution >= 0.6 is 0 Å². The van der Waals surface area contributed by atoms with E-state index in [1.807, 2.05) is 0 Å². The normalized spacial score (nSPS) is 24.6. The van der Waals surface area contributed by atoms with Crippen LogP contribution in [-0.2, 0) is 0 Å². The third kappa shape index (κ3) is 7.66. The average Bonchev–Trinajstić information content (AvgIpc) is 2.68. The molecule has 0 radical (unpaired) electrons. The Hall–Kier alpha value is -0.120. The summed E-state index contributed by atoms with van der Waals surface area (Å²) in [5, 5.41) is 0. The topological polar surface area (TPSA) is 9.72 Å². The summed E-state index contributed by atoms with van der Waals surface area (Å²) in [5.41, 5.74) is 0. The van der Waals surface area contributed by atoms with Crippen molar-refractivity contribution in [2.45, 2.75) is 123 Å². The lowest BCUT2D eigenvalue weighted by Gasteiger charge is -2.56. The van der Waals surface area contributed by atoms with Crippen molar-refractivity contribution in [2.24, 2.45) is 0 Å². The molecule has 0 spiro atoms. The Morgan fingerprint density at radius 2 is 0.926 bits per heavy atom. The second-order valence-corrected chi connectivity index (χ2v) is 9.03. The maximum Gasteiger partial charge on any atom is 0.0648 e. The molecule has 0 aromatic carbocycles. The molecular formula is C24H49N3. The lowest BCUT2D eigenvalue weighted by atomic mass is 10.0. The highest BCUT2D eigenvalue weighted by Crippen LogP contribution is 2.31. The van der Waals surface area contributed by atoms with Crippen LogP contribution in [0, 0.1) is 0 Å².